The second kappa shape index (κ2) is 8.01. The Kier molecular flexibility index (Phi) is 5.78. The molecule has 2 aromatic rings. The van der Waals surface area contributed by atoms with Crippen LogP contribution in [0.4, 0.5) is 0 Å². The smallest absolute Gasteiger partial charge is 0.277 e. The Hall–Kier alpha value is -3.02. The standard InChI is InChI=1S/C18H20N2O4/c1-12-4-7-16(13(2)8-12)24-11-18(22)20-19-10-14-5-6-15(21)17(9-14)23-3/h4-10,21H,11H2,1-3H3,(H,20,22)/b19-10+. The number of nitrogens with zero attached hydrogens (tertiary/aromatic N) is 1. The van der Waals surface area contributed by atoms with Crippen LogP contribution in [0.3, 0.4) is 0 Å². The first-order valence-electron chi connectivity index (χ1n) is 7.38. The maximum atomic E-state index is 11.7. The zero-order valence-corrected chi connectivity index (χ0v) is 13.9. The second-order valence-corrected chi connectivity index (χ2v) is 5.28. The summed E-state index contributed by atoms with van der Waals surface area (Å²) in [6.45, 7) is 3.80. The van der Waals surface area contributed by atoms with Crippen molar-refractivity contribution in [3.63, 3.8) is 0 Å². The molecule has 0 radical (unpaired) electrons. The molecule has 0 aliphatic heterocycles. The maximum Gasteiger partial charge on any atom is 0.277 e. The van der Waals surface area contributed by atoms with E-state index >= 15 is 0 Å². The normalized spacial score (nSPS) is 10.6. The van der Waals surface area contributed by atoms with E-state index in [4.69, 9.17) is 9.47 Å². The number of phenols is 1. The van der Waals surface area contributed by atoms with Gasteiger partial charge in [0.2, 0.25) is 0 Å². The summed E-state index contributed by atoms with van der Waals surface area (Å²) in [6, 6.07) is 10.5. The number of ether oxygens (including phenoxy) is 2. The van der Waals surface area contributed by atoms with Gasteiger partial charge in [-0.25, -0.2) is 5.43 Å². The minimum atomic E-state index is -0.364. The molecule has 126 valence electrons. The molecule has 2 rings (SSSR count). The van der Waals surface area contributed by atoms with E-state index in [2.05, 4.69) is 10.5 Å². The summed E-state index contributed by atoms with van der Waals surface area (Å²) < 4.78 is 10.5. The van der Waals surface area contributed by atoms with Gasteiger partial charge in [-0.05, 0) is 49.2 Å². The molecule has 6 heteroatoms. The molecular weight excluding hydrogens is 308 g/mol. The van der Waals surface area contributed by atoms with Crippen molar-refractivity contribution in [1.82, 2.24) is 5.43 Å². The van der Waals surface area contributed by atoms with Gasteiger partial charge in [-0.3, -0.25) is 4.79 Å². The summed E-state index contributed by atoms with van der Waals surface area (Å²) in [6.07, 6.45) is 1.46. The van der Waals surface area contributed by atoms with Crippen molar-refractivity contribution >= 4 is 12.1 Å². The Morgan fingerprint density at radius 2 is 2.00 bits per heavy atom. The molecular formula is C18H20N2O4. The molecule has 0 saturated heterocycles. The summed E-state index contributed by atoms with van der Waals surface area (Å²) >= 11 is 0. The van der Waals surface area contributed by atoms with Crippen molar-refractivity contribution in [3.05, 3.63) is 53.1 Å². The number of hydrogen-bond acceptors (Lipinski definition) is 5. The molecule has 6 nitrogen and oxygen atoms in total. The van der Waals surface area contributed by atoms with Crippen LogP contribution in [0.25, 0.3) is 0 Å². The van der Waals surface area contributed by atoms with E-state index in [9.17, 15) is 9.90 Å². The minimum absolute atomic E-state index is 0.0422. The summed E-state index contributed by atoms with van der Waals surface area (Å²) in [4.78, 5) is 11.7. The van der Waals surface area contributed by atoms with Crippen molar-refractivity contribution in [3.8, 4) is 17.2 Å². The minimum Gasteiger partial charge on any atom is -0.504 e. The molecule has 1 amide bonds. The maximum absolute atomic E-state index is 11.7. The van der Waals surface area contributed by atoms with Crippen LogP contribution in [0.15, 0.2) is 41.5 Å². The number of aromatic hydroxyl groups is 1. The lowest BCUT2D eigenvalue weighted by Crippen LogP contribution is -2.24. The predicted molar refractivity (Wildman–Crippen MR) is 91.8 cm³/mol. The zero-order chi connectivity index (χ0) is 17.5. The number of amides is 1. The van der Waals surface area contributed by atoms with Gasteiger partial charge in [0.15, 0.2) is 18.1 Å². The van der Waals surface area contributed by atoms with Crippen LogP contribution in [0.1, 0.15) is 16.7 Å². The van der Waals surface area contributed by atoms with Gasteiger partial charge in [-0.2, -0.15) is 5.10 Å². The van der Waals surface area contributed by atoms with Crippen LogP contribution in [0.5, 0.6) is 17.2 Å². The van der Waals surface area contributed by atoms with Crippen molar-refractivity contribution in [2.75, 3.05) is 13.7 Å². The molecule has 0 bridgehead atoms. The second-order valence-electron chi connectivity index (χ2n) is 5.28. The fourth-order valence-corrected chi connectivity index (χ4v) is 2.09. The number of nitrogens with one attached hydrogen (secondary N) is 1. The third-order valence-electron chi connectivity index (χ3n) is 3.30. The van der Waals surface area contributed by atoms with Gasteiger partial charge in [0.25, 0.3) is 5.91 Å². The fraction of sp³-hybridized carbons (Fsp3) is 0.222. The summed E-state index contributed by atoms with van der Waals surface area (Å²) in [5.74, 6) is 0.684. The van der Waals surface area contributed by atoms with E-state index < -0.39 is 0 Å². The van der Waals surface area contributed by atoms with Gasteiger partial charge in [0.1, 0.15) is 5.75 Å². The summed E-state index contributed by atoms with van der Waals surface area (Å²) in [7, 11) is 1.46. The highest BCUT2D eigenvalue weighted by Gasteiger charge is 2.04. The number of carbonyl (C=O) groups is 1. The molecule has 24 heavy (non-hydrogen) atoms. The lowest BCUT2D eigenvalue weighted by atomic mass is 10.1. The molecule has 0 atom stereocenters. The highest BCUT2D eigenvalue weighted by atomic mass is 16.5. The topological polar surface area (TPSA) is 80.2 Å². The molecule has 0 heterocycles. The Morgan fingerprint density at radius 3 is 2.71 bits per heavy atom. The Morgan fingerprint density at radius 1 is 1.21 bits per heavy atom. The number of aryl methyl sites for hydroxylation is 2. The summed E-state index contributed by atoms with van der Waals surface area (Å²) in [5.41, 5.74) is 5.18. The van der Waals surface area contributed by atoms with Gasteiger partial charge < -0.3 is 14.6 Å². The van der Waals surface area contributed by atoms with Gasteiger partial charge in [-0.1, -0.05) is 17.7 Å². The first-order valence-corrected chi connectivity index (χ1v) is 7.38. The van der Waals surface area contributed by atoms with Crippen LogP contribution in [-0.2, 0) is 4.79 Å². The Balaban J connectivity index is 1.86. The fourth-order valence-electron chi connectivity index (χ4n) is 2.09. The first kappa shape index (κ1) is 17.3. The average Bonchev–Trinajstić information content (AvgIpc) is 2.55. The molecule has 0 unspecified atom stereocenters. The lowest BCUT2D eigenvalue weighted by Gasteiger charge is -2.08. The number of benzene rings is 2. The van der Waals surface area contributed by atoms with Crippen molar-refractivity contribution in [1.29, 1.82) is 0 Å². The van der Waals surface area contributed by atoms with E-state index in [0.29, 0.717) is 17.1 Å². The third kappa shape index (κ3) is 4.74. The van der Waals surface area contributed by atoms with E-state index in [1.807, 2.05) is 32.0 Å². The quantitative estimate of drug-likeness (QED) is 0.631. The highest BCUT2D eigenvalue weighted by molar-refractivity contribution is 5.83. The first-order chi connectivity index (χ1) is 11.5. The van der Waals surface area contributed by atoms with Gasteiger partial charge >= 0.3 is 0 Å². The van der Waals surface area contributed by atoms with E-state index in [0.717, 1.165) is 11.1 Å². The molecule has 0 aromatic heterocycles. The van der Waals surface area contributed by atoms with E-state index in [1.54, 1.807) is 12.1 Å². The zero-order valence-electron chi connectivity index (χ0n) is 13.9. The van der Waals surface area contributed by atoms with Gasteiger partial charge in [-0.15, -0.1) is 0 Å². The third-order valence-corrected chi connectivity index (χ3v) is 3.30. The van der Waals surface area contributed by atoms with Crippen LogP contribution in [0.2, 0.25) is 0 Å². The molecule has 0 fully saturated rings. The number of rotatable bonds is 6. The van der Waals surface area contributed by atoms with Gasteiger partial charge in [0, 0.05) is 0 Å². The molecule has 0 aliphatic carbocycles. The number of hydrazone groups is 1. The van der Waals surface area contributed by atoms with Crippen molar-refractivity contribution < 1.29 is 19.4 Å². The van der Waals surface area contributed by atoms with Crippen LogP contribution >= 0.6 is 0 Å². The number of phenolic OH excluding ortho intramolecular Hbond substituents is 1. The molecule has 0 saturated carbocycles. The van der Waals surface area contributed by atoms with Crippen molar-refractivity contribution in [2.45, 2.75) is 13.8 Å². The van der Waals surface area contributed by atoms with Crippen LogP contribution in [-0.4, -0.2) is 30.9 Å². The highest BCUT2D eigenvalue weighted by Crippen LogP contribution is 2.25. The van der Waals surface area contributed by atoms with Crippen molar-refractivity contribution in [2.24, 2.45) is 5.10 Å². The number of hydrogen-bond donors (Lipinski definition) is 2. The lowest BCUT2D eigenvalue weighted by molar-refractivity contribution is -0.123. The average molecular weight is 328 g/mol. The number of methoxy groups -OCH3 is 1. The number of carbonyl (C=O) groups excluding carboxylic acids is 1. The van der Waals surface area contributed by atoms with Crippen LogP contribution < -0.4 is 14.9 Å². The molecule has 0 spiro atoms. The predicted octanol–water partition coefficient (Wildman–Crippen LogP) is 2.55. The van der Waals surface area contributed by atoms with Crippen LogP contribution in [0, 0.1) is 13.8 Å². The largest absolute Gasteiger partial charge is 0.504 e. The molecule has 0 aliphatic rings. The SMILES string of the molecule is COc1cc(/C=N/NC(=O)COc2ccc(C)cc2C)ccc1O. The summed E-state index contributed by atoms with van der Waals surface area (Å²) in [5, 5.41) is 13.4. The monoisotopic (exact) mass is 328 g/mol. The molecule has 2 N–H and O–H groups in total. The Labute approximate surface area is 140 Å². The van der Waals surface area contributed by atoms with E-state index in [1.165, 1.54) is 19.4 Å². The Bertz CT molecular complexity index is 757. The van der Waals surface area contributed by atoms with Gasteiger partial charge in [0.05, 0.1) is 13.3 Å². The van der Waals surface area contributed by atoms with E-state index in [-0.39, 0.29) is 18.3 Å². The molecule has 2 aromatic carbocycles.